The molecule has 7 heteroatoms. The van der Waals surface area contributed by atoms with Gasteiger partial charge in [0.1, 0.15) is 28.8 Å². The van der Waals surface area contributed by atoms with Crippen molar-refractivity contribution in [3.63, 3.8) is 0 Å². The van der Waals surface area contributed by atoms with Gasteiger partial charge in [0.25, 0.3) is 0 Å². The zero-order valence-electron chi connectivity index (χ0n) is 9.15. The van der Waals surface area contributed by atoms with Crippen LogP contribution in [0.5, 0.6) is 0 Å². The Kier molecular flexibility index (Phi) is 3.77. The van der Waals surface area contributed by atoms with E-state index in [1.54, 1.807) is 6.20 Å². The second-order valence-electron chi connectivity index (χ2n) is 3.49. The Morgan fingerprint density at radius 2 is 2.24 bits per heavy atom. The number of nitrogens with two attached hydrogens (primary N) is 1. The third kappa shape index (κ3) is 3.07. The molecule has 0 radical (unpaired) electrons. The number of imidazole rings is 1. The summed E-state index contributed by atoms with van der Waals surface area (Å²) in [5.74, 6) is 1.83. The van der Waals surface area contributed by atoms with Gasteiger partial charge in [0.05, 0.1) is 0 Å². The average molecular weight is 253 g/mol. The summed E-state index contributed by atoms with van der Waals surface area (Å²) in [5, 5.41) is 3.48. The van der Waals surface area contributed by atoms with Crippen LogP contribution >= 0.6 is 11.6 Å². The molecular weight excluding hydrogens is 240 g/mol. The van der Waals surface area contributed by atoms with Crippen molar-refractivity contribution in [1.82, 2.24) is 19.9 Å². The maximum absolute atomic E-state index is 5.94. The van der Waals surface area contributed by atoms with Crippen LogP contribution in [-0.4, -0.2) is 26.5 Å². The predicted octanol–water partition coefficient (Wildman–Crippen LogP) is 1.48. The molecule has 0 saturated carbocycles. The summed E-state index contributed by atoms with van der Waals surface area (Å²) in [6.07, 6.45) is 6.73. The van der Waals surface area contributed by atoms with E-state index in [0.717, 1.165) is 25.2 Å². The van der Waals surface area contributed by atoms with E-state index in [2.05, 4.69) is 25.3 Å². The van der Waals surface area contributed by atoms with Gasteiger partial charge in [-0.3, -0.25) is 0 Å². The number of aromatic nitrogens is 4. The van der Waals surface area contributed by atoms with Crippen LogP contribution in [0.1, 0.15) is 12.2 Å². The largest absolute Gasteiger partial charge is 0.382 e. The molecule has 4 N–H and O–H groups in total. The molecule has 0 aromatic carbocycles. The van der Waals surface area contributed by atoms with Gasteiger partial charge in [-0.15, -0.1) is 0 Å². The van der Waals surface area contributed by atoms with Gasteiger partial charge in [-0.25, -0.2) is 15.0 Å². The third-order valence-electron chi connectivity index (χ3n) is 2.25. The van der Waals surface area contributed by atoms with Crippen molar-refractivity contribution in [2.45, 2.75) is 12.8 Å². The number of anilines is 2. The van der Waals surface area contributed by atoms with Gasteiger partial charge < -0.3 is 16.0 Å². The number of hydrogen-bond donors (Lipinski definition) is 3. The lowest BCUT2D eigenvalue weighted by Crippen LogP contribution is -2.07. The Hall–Kier alpha value is -1.82. The second-order valence-corrected chi connectivity index (χ2v) is 3.87. The van der Waals surface area contributed by atoms with E-state index in [-0.39, 0.29) is 5.82 Å². The van der Waals surface area contributed by atoms with Gasteiger partial charge in [0, 0.05) is 25.4 Å². The first-order valence-corrected chi connectivity index (χ1v) is 5.63. The summed E-state index contributed by atoms with van der Waals surface area (Å²) in [5.41, 5.74) is 5.56. The third-order valence-corrected chi connectivity index (χ3v) is 2.63. The maximum atomic E-state index is 5.94. The first-order valence-electron chi connectivity index (χ1n) is 5.25. The molecular formula is C10H13ClN6. The number of nitrogens with zero attached hydrogens (tertiary/aromatic N) is 3. The molecule has 0 fully saturated rings. The first kappa shape index (κ1) is 11.7. The normalized spacial score (nSPS) is 10.4. The summed E-state index contributed by atoms with van der Waals surface area (Å²) in [4.78, 5) is 15.0. The standard InChI is InChI=1S/C10H13ClN6/c11-8-9(12)16-6-17-10(8)15-3-1-2-7-13-4-5-14-7/h4-6H,1-3H2,(H,13,14)(H3,12,15,16,17). The highest BCUT2D eigenvalue weighted by molar-refractivity contribution is 6.35. The summed E-state index contributed by atoms with van der Waals surface area (Å²) < 4.78 is 0. The lowest BCUT2D eigenvalue weighted by Gasteiger charge is -2.07. The van der Waals surface area contributed by atoms with Gasteiger partial charge >= 0.3 is 0 Å². The van der Waals surface area contributed by atoms with Crippen molar-refractivity contribution in [1.29, 1.82) is 0 Å². The van der Waals surface area contributed by atoms with E-state index >= 15 is 0 Å². The smallest absolute Gasteiger partial charge is 0.150 e. The fourth-order valence-electron chi connectivity index (χ4n) is 1.40. The van der Waals surface area contributed by atoms with Gasteiger partial charge in [0.2, 0.25) is 0 Å². The van der Waals surface area contributed by atoms with Crippen LogP contribution in [0, 0.1) is 0 Å². The van der Waals surface area contributed by atoms with Crippen LogP contribution in [0.25, 0.3) is 0 Å². The molecule has 0 bridgehead atoms. The van der Waals surface area contributed by atoms with E-state index in [1.807, 2.05) is 6.20 Å². The number of aryl methyl sites for hydroxylation is 1. The Bertz CT molecular complexity index is 470. The molecule has 0 atom stereocenters. The van der Waals surface area contributed by atoms with E-state index in [9.17, 15) is 0 Å². The van der Waals surface area contributed by atoms with E-state index < -0.39 is 0 Å². The summed E-state index contributed by atoms with van der Waals surface area (Å²) >= 11 is 5.94. The molecule has 0 spiro atoms. The van der Waals surface area contributed by atoms with Crippen molar-refractivity contribution in [2.75, 3.05) is 17.6 Å². The Morgan fingerprint density at radius 1 is 1.35 bits per heavy atom. The van der Waals surface area contributed by atoms with Crippen LogP contribution < -0.4 is 11.1 Å². The molecule has 2 aromatic rings. The Labute approximate surface area is 104 Å². The monoisotopic (exact) mass is 252 g/mol. The van der Waals surface area contributed by atoms with Crippen LogP contribution in [0.4, 0.5) is 11.6 Å². The number of H-pyrrole nitrogens is 1. The van der Waals surface area contributed by atoms with Crippen molar-refractivity contribution < 1.29 is 0 Å². The van der Waals surface area contributed by atoms with E-state index in [4.69, 9.17) is 17.3 Å². The van der Waals surface area contributed by atoms with Crippen LogP contribution in [-0.2, 0) is 6.42 Å². The van der Waals surface area contributed by atoms with Crippen LogP contribution in [0.3, 0.4) is 0 Å². The molecule has 2 heterocycles. The molecule has 90 valence electrons. The Balaban J connectivity index is 1.80. The summed E-state index contributed by atoms with van der Waals surface area (Å²) in [6.45, 7) is 0.747. The number of nitrogens with one attached hydrogen (secondary N) is 2. The fraction of sp³-hybridized carbons (Fsp3) is 0.300. The summed E-state index contributed by atoms with van der Waals surface area (Å²) in [6, 6.07) is 0. The zero-order chi connectivity index (χ0) is 12.1. The van der Waals surface area contributed by atoms with Crippen molar-refractivity contribution >= 4 is 23.2 Å². The first-order chi connectivity index (χ1) is 8.27. The SMILES string of the molecule is Nc1ncnc(NCCCc2ncc[nH]2)c1Cl. The minimum atomic E-state index is 0.287. The molecule has 0 unspecified atom stereocenters. The predicted molar refractivity (Wildman–Crippen MR) is 66.9 cm³/mol. The van der Waals surface area contributed by atoms with Crippen molar-refractivity contribution in [3.05, 3.63) is 29.6 Å². The molecule has 2 rings (SSSR count). The van der Waals surface area contributed by atoms with Gasteiger partial charge in [-0.05, 0) is 6.42 Å². The minimum absolute atomic E-state index is 0.287. The zero-order valence-corrected chi connectivity index (χ0v) is 9.91. The molecule has 0 saturated heterocycles. The highest BCUT2D eigenvalue weighted by Gasteiger charge is 2.05. The quantitative estimate of drug-likeness (QED) is 0.701. The second kappa shape index (κ2) is 5.49. The lowest BCUT2D eigenvalue weighted by atomic mass is 10.3. The number of aromatic amines is 1. The van der Waals surface area contributed by atoms with Crippen LogP contribution in [0.15, 0.2) is 18.7 Å². The molecule has 0 aliphatic carbocycles. The average Bonchev–Trinajstić information content (AvgIpc) is 2.83. The van der Waals surface area contributed by atoms with E-state index in [0.29, 0.717) is 10.8 Å². The van der Waals surface area contributed by atoms with Gasteiger partial charge in [-0.1, -0.05) is 11.6 Å². The molecule has 17 heavy (non-hydrogen) atoms. The molecule has 0 amide bonds. The molecule has 2 aromatic heterocycles. The highest BCUT2D eigenvalue weighted by Crippen LogP contribution is 2.22. The van der Waals surface area contributed by atoms with Crippen LogP contribution in [0.2, 0.25) is 5.02 Å². The molecule has 0 aliphatic rings. The number of halogens is 1. The number of nitrogen functional groups attached to an aromatic ring is 1. The van der Waals surface area contributed by atoms with Gasteiger partial charge in [0.15, 0.2) is 0 Å². The number of rotatable bonds is 5. The number of hydrogen-bond acceptors (Lipinski definition) is 5. The van der Waals surface area contributed by atoms with E-state index in [1.165, 1.54) is 6.33 Å². The lowest BCUT2D eigenvalue weighted by molar-refractivity contribution is 0.813. The Morgan fingerprint density at radius 3 is 3.00 bits per heavy atom. The minimum Gasteiger partial charge on any atom is -0.382 e. The fourth-order valence-corrected chi connectivity index (χ4v) is 1.57. The van der Waals surface area contributed by atoms with Crippen molar-refractivity contribution in [2.24, 2.45) is 0 Å². The highest BCUT2D eigenvalue weighted by atomic mass is 35.5. The van der Waals surface area contributed by atoms with Crippen molar-refractivity contribution in [3.8, 4) is 0 Å². The summed E-state index contributed by atoms with van der Waals surface area (Å²) in [7, 11) is 0. The maximum Gasteiger partial charge on any atom is 0.150 e. The topological polar surface area (TPSA) is 92.5 Å². The van der Waals surface area contributed by atoms with Gasteiger partial charge in [-0.2, -0.15) is 0 Å². The molecule has 6 nitrogen and oxygen atoms in total. The molecule has 0 aliphatic heterocycles.